The normalized spacial score (nSPS) is 16.4. The molecule has 0 aliphatic carbocycles. The summed E-state index contributed by atoms with van der Waals surface area (Å²) in [5, 5.41) is 3.08. The molecule has 1 fully saturated rings. The van der Waals surface area contributed by atoms with Crippen molar-refractivity contribution in [3.05, 3.63) is 46.4 Å². The lowest BCUT2D eigenvalue weighted by molar-refractivity contribution is 0.206. The molecule has 0 unspecified atom stereocenters. The van der Waals surface area contributed by atoms with Crippen LogP contribution in [0.3, 0.4) is 0 Å². The number of benzene rings is 1. The Hall–Kier alpha value is -2.63. The van der Waals surface area contributed by atoms with Gasteiger partial charge in [-0.3, -0.25) is 0 Å². The van der Waals surface area contributed by atoms with E-state index in [1.807, 2.05) is 30.9 Å². The van der Waals surface area contributed by atoms with E-state index in [-0.39, 0.29) is 6.03 Å². The minimum absolute atomic E-state index is 0.0534. The van der Waals surface area contributed by atoms with Crippen LogP contribution in [0.1, 0.15) is 41.1 Å². The molecule has 6 nitrogen and oxygen atoms in total. The van der Waals surface area contributed by atoms with Crippen molar-refractivity contribution < 1.29 is 4.79 Å². The molecule has 0 spiro atoms. The topological polar surface area (TPSA) is 61.4 Å². The maximum Gasteiger partial charge on any atom is 0.322 e. The Labute approximate surface area is 160 Å². The predicted octanol–water partition coefficient (Wildman–Crippen LogP) is 3.59. The first-order valence-electron chi connectivity index (χ1n) is 9.76. The van der Waals surface area contributed by atoms with Crippen LogP contribution in [0.5, 0.6) is 0 Å². The summed E-state index contributed by atoms with van der Waals surface area (Å²) in [6, 6.07) is 5.94. The fourth-order valence-corrected chi connectivity index (χ4v) is 3.96. The van der Waals surface area contributed by atoms with Crippen LogP contribution < -0.4 is 10.2 Å². The first kappa shape index (κ1) is 17.8. The van der Waals surface area contributed by atoms with Crippen molar-refractivity contribution in [1.29, 1.82) is 0 Å². The monoisotopic (exact) mass is 365 g/mol. The smallest absolute Gasteiger partial charge is 0.322 e. The number of nitrogens with one attached hydrogen (secondary N) is 1. The van der Waals surface area contributed by atoms with Crippen molar-refractivity contribution in [2.75, 3.05) is 29.9 Å². The Bertz CT molecular complexity index is 873. The second kappa shape index (κ2) is 7.18. The lowest BCUT2D eigenvalue weighted by Gasteiger charge is -2.31. The van der Waals surface area contributed by atoms with Gasteiger partial charge >= 0.3 is 6.03 Å². The number of carbonyl (C=O) groups is 1. The number of rotatable bonds is 2. The minimum Gasteiger partial charge on any atom is -0.356 e. The molecule has 4 rings (SSSR count). The quantitative estimate of drug-likeness (QED) is 0.883. The number of carbonyl (C=O) groups excluding carboxylic acids is 1. The fraction of sp³-hybridized carbons (Fsp3) is 0.476. The van der Waals surface area contributed by atoms with E-state index >= 15 is 0 Å². The van der Waals surface area contributed by atoms with Crippen molar-refractivity contribution in [3.8, 4) is 0 Å². The van der Waals surface area contributed by atoms with E-state index in [4.69, 9.17) is 4.98 Å². The van der Waals surface area contributed by atoms with Crippen LogP contribution >= 0.6 is 0 Å². The van der Waals surface area contributed by atoms with Gasteiger partial charge in [-0.05, 0) is 50.8 Å². The summed E-state index contributed by atoms with van der Waals surface area (Å²) in [5.74, 6) is 1.85. The van der Waals surface area contributed by atoms with Crippen molar-refractivity contribution in [3.63, 3.8) is 0 Å². The zero-order valence-corrected chi connectivity index (χ0v) is 16.4. The van der Waals surface area contributed by atoms with Crippen LogP contribution in [-0.4, -0.2) is 40.5 Å². The molecular formula is C21H27N5O. The molecule has 1 aromatic carbocycles. The number of aromatic nitrogens is 2. The first-order valence-corrected chi connectivity index (χ1v) is 9.76. The highest BCUT2D eigenvalue weighted by Gasteiger charge is 2.28. The van der Waals surface area contributed by atoms with E-state index in [9.17, 15) is 4.79 Å². The van der Waals surface area contributed by atoms with Gasteiger partial charge in [0, 0.05) is 37.3 Å². The van der Waals surface area contributed by atoms with Crippen LogP contribution in [0.2, 0.25) is 0 Å². The lowest BCUT2D eigenvalue weighted by atomic mass is 10.1. The average Bonchev–Trinajstić information content (AvgIpc) is 3.19. The van der Waals surface area contributed by atoms with Gasteiger partial charge in [0.15, 0.2) is 0 Å². The Kier molecular flexibility index (Phi) is 4.72. The van der Waals surface area contributed by atoms with E-state index in [0.717, 1.165) is 53.7 Å². The summed E-state index contributed by atoms with van der Waals surface area (Å²) in [5.41, 5.74) is 5.38. The highest BCUT2D eigenvalue weighted by atomic mass is 16.2. The SMILES string of the molecule is Cc1nc2c(c(N3CCCC3)n1)CN(C(=O)Nc1cccc(C)c1C)CC2. The molecule has 2 amide bonds. The molecule has 1 aromatic heterocycles. The van der Waals surface area contributed by atoms with E-state index in [2.05, 4.69) is 28.2 Å². The predicted molar refractivity (Wildman–Crippen MR) is 107 cm³/mol. The second-order valence-electron chi connectivity index (χ2n) is 7.56. The highest BCUT2D eigenvalue weighted by Crippen LogP contribution is 2.29. The van der Waals surface area contributed by atoms with Crippen molar-refractivity contribution in [2.24, 2.45) is 0 Å². The molecule has 1 saturated heterocycles. The Morgan fingerprint density at radius 1 is 1.07 bits per heavy atom. The molecule has 2 aliphatic rings. The number of urea groups is 1. The minimum atomic E-state index is -0.0534. The third-order valence-corrected chi connectivity index (χ3v) is 5.69. The van der Waals surface area contributed by atoms with Gasteiger partial charge in [0.25, 0.3) is 0 Å². The van der Waals surface area contributed by atoms with Gasteiger partial charge in [-0.15, -0.1) is 0 Å². The van der Waals surface area contributed by atoms with Gasteiger partial charge in [-0.2, -0.15) is 0 Å². The molecule has 0 saturated carbocycles. The molecule has 3 heterocycles. The number of hydrogen-bond acceptors (Lipinski definition) is 4. The highest BCUT2D eigenvalue weighted by molar-refractivity contribution is 5.90. The van der Waals surface area contributed by atoms with Gasteiger partial charge in [0.1, 0.15) is 11.6 Å². The van der Waals surface area contributed by atoms with Crippen molar-refractivity contribution in [2.45, 2.75) is 46.6 Å². The molecule has 1 N–H and O–H groups in total. The number of nitrogens with zero attached hydrogens (tertiary/aromatic N) is 4. The second-order valence-corrected chi connectivity index (χ2v) is 7.56. The molecule has 2 aliphatic heterocycles. The largest absolute Gasteiger partial charge is 0.356 e. The molecule has 2 aromatic rings. The van der Waals surface area contributed by atoms with Crippen LogP contribution in [0.15, 0.2) is 18.2 Å². The molecule has 0 atom stereocenters. The van der Waals surface area contributed by atoms with E-state index < -0.39 is 0 Å². The van der Waals surface area contributed by atoms with Crippen LogP contribution in [0, 0.1) is 20.8 Å². The zero-order chi connectivity index (χ0) is 19.0. The summed E-state index contributed by atoms with van der Waals surface area (Å²) >= 11 is 0. The first-order chi connectivity index (χ1) is 13.0. The van der Waals surface area contributed by atoms with Crippen LogP contribution in [0.4, 0.5) is 16.3 Å². The van der Waals surface area contributed by atoms with Gasteiger partial charge in [0.05, 0.1) is 12.2 Å². The number of aryl methyl sites for hydroxylation is 2. The molecule has 6 heteroatoms. The van der Waals surface area contributed by atoms with Crippen molar-refractivity contribution in [1.82, 2.24) is 14.9 Å². The maximum absolute atomic E-state index is 12.9. The van der Waals surface area contributed by atoms with E-state index in [1.165, 1.54) is 18.4 Å². The average molecular weight is 365 g/mol. The zero-order valence-electron chi connectivity index (χ0n) is 16.4. The Morgan fingerprint density at radius 2 is 1.85 bits per heavy atom. The molecule has 0 radical (unpaired) electrons. The molecule has 0 bridgehead atoms. The van der Waals surface area contributed by atoms with E-state index in [0.29, 0.717) is 13.1 Å². The fourth-order valence-electron chi connectivity index (χ4n) is 3.96. The summed E-state index contributed by atoms with van der Waals surface area (Å²) in [6.45, 7) is 9.38. The Balaban J connectivity index is 1.57. The Morgan fingerprint density at radius 3 is 2.63 bits per heavy atom. The van der Waals surface area contributed by atoms with E-state index in [1.54, 1.807) is 0 Å². The van der Waals surface area contributed by atoms with Crippen LogP contribution in [-0.2, 0) is 13.0 Å². The molecule has 27 heavy (non-hydrogen) atoms. The summed E-state index contributed by atoms with van der Waals surface area (Å²) in [7, 11) is 0. The summed E-state index contributed by atoms with van der Waals surface area (Å²) < 4.78 is 0. The number of hydrogen-bond donors (Lipinski definition) is 1. The van der Waals surface area contributed by atoms with Crippen LogP contribution in [0.25, 0.3) is 0 Å². The summed E-state index contributed by atoms with van der Waals surface area (Å²) in [6.07, 6.45) is 3.18. The van der Waals surface area contributed by atoms with Gasteiger partial charge in [-0.25, -0.2) is 14.8 Å². The van der Waals surface area contributed by atoms with Gasteiger partial charge < -0.3 is 15.1 Å². The van der Waals surface area contributed by atoms with Crippen molar-refractivity contribution >= 4 is 17.5 Å². The lowest BCUT2D eigenvalue weighted by Crippen LogP contribution is -2.40. The summed E-state index contributed by atoms with van der Waals surface area (Å²) in [4.78, 5) is 26.5. The molecular weight excluding hydrogens is 338 g/mol. The standard InChI is InChI=1S/C21H27N5O/c1-14-7-6-8-18(15(14)2)24-21(27)26-12-9-19-17(13-26)20(23-16(3)22-19)25-10-4-5-11-25/h6-8H,4-5,9-13H2,1-3H3,(H,24,27). The maximum atomic E-state index is 12.9. The third-order valence-electron chi connectivity index (χ3n) is 5.69. The van der Waals surface area contributed by atoms with Gasteiger partial charge in [-0.1, -0.05) is 12.1 Å². The van der Waals surface area contributed by atoms with Gasteiger partial charge in [0.2, 0.25) is 0 Å². The number of fused-ring (bicyclic) bond motifs is 1. The number of amides is 2. The number of anilines is 2. The third kappa shape index (κ3) is 3.48. The molecule has 142 valence electrons.